The first-order chi connectivity index (χ1) is 8.06. The van der Waals surface area contributed by atoms with E-state index in [2.05, 4.69) is 15.6 Å². The van der Waals surface area contributed by atoms with E-state index in [-0.39, 0.29) is 11.9 Å². The Bertz CT molecular complexity index is 446. The maximum absolute atomic E-state index is 11.7. The minimum absolute atomic E-state index is 0.175. The molecule has 2 rings (SSSR count). The van der Waals surface area contributed by atoms with E-state index in [0.29, 0.717) is 23.7 Å². The highest BCUT2D eigenvalue weighted by molar-refractivity contribution is 6.30. The molecule has 1 fully saturated rings. The van der Waals surface area contributed by atoms with Crippen LogP contribution in [0.4, 0.5) is 0 Å². The van der Waals surface area contributed by atoms with Gasteiger partial charge in [-0.3, -0.25) is 9.59 Å². The smallest absolute Gasteiger partial charge is 0.320 e. The number of halogens is 1. The first kappa shape index (κ1) is 11.9. The summed E-state index contributed by atoms with van der Waals surface area (Å²) in [7, 11) is 0. The van der Waals surface area contributed by atoms with E-state index in [0.717, 1.165) is 0 Å². The molecular formula is C10H12ClN3O3. The van der Waals surface area contributed by atoms with Gasteiger partial charge in [-0.25, -0.2) is 0 Å². The number of carboxylic acids is 1. The number of aromatic amines is 1. The number of hydrogen-bond acceptors (Lipinski definition) is 3. The summed E-state index contributed by atoms with van der Waals surface area (Å²) in [4.78, 5) is 25.2. The normalized spacial score (nSPS) is 23.6. The summed E-state index contributed by atoms with van der Waals surface area (Å²) in [5, 5.41) is 14.8. The molecule has 0 spiro atoms. The van der Waals surface area contributed by atoms with Crippen LogP contribution in [0.5, 0.6) is 0 Å². The second-order valence-corrected chi connectivity index (χ2v) is 4.37. The molecule has 17 heavy (non-hydrogen) atoms. The molecule has 0 bridgehead atoms. The van der Waals surface area contributed by atoms with E-state index < -0.39 is 12.0 Å². The summed E-state index contributed by atoms with van der Waals surface area (Å²) in [6, 6.07) is 0.756. The number of aliphatic carboxylic acids is 1. The molecule has 0 unspecified atom stereocenters. The number of carboxylic acid groups (broad SMARTS) is 1. The van der Waals surface area contributed by atoms with Gasteiger partial charge in [0.2, 0.25) is 0 Å². The van der Waals surface area contributed by atoms with E-state index in [9.17, 15) is 9.59 Å². The van der Waals surface area contributed by atoms with Crippen LogP contribution in [0.3, 0.4) is 0 Å². The zero-order valence-corrected chi connectivity index (χ0v) is 9.62. The van der Waals surface area contributed by atoms with Crippen LogP contribution in [-0.4, -0.2) is 40.6 Å². The highest BCUT2D eigenvalue weighted by atomic mass is 35.5. The third kappa shape index (κ3) is 2.78. The lowest BCUT2D eigenvalue weighted by Crippen LogP contribution is -2.36. The molecule has 1 amide bonds. The van der Waals surface area contributed by atoms with Crippen LogP contribution in [0, 0.1) is 0 Å². The van der Waals surface area contributed by atoms with Crippen molar-refractivity contribution in [1.29, 1.82) is 0 Å². The average molecular weight is 258 g/mol. The Balaban J connectivity index is 1.90. The standard InChI is InChI=1S/C10H12ClN3O3/c11-5-1-7(12-3-5)9(15)14-6-2-8(10(16)17)13-4-6/h1,3,6,8,12-13H,2,4H2,(H,14,15)(H,16,17)/t6-,8-/m0/s1. The van der Waals surface area contributed by atoms with Gasteiger partial charge in [-0.2, -0.15) is 0 Å². The molecule has 6 nitrogen and oxygen atoms in total. The van der Waals surface area contributed by atoms with Crippen LogP contribution in [0.2, 0.25) is 5.02 Å². The molecule has 1 aliphatic rings. The summed E-state index contributed by atoms with van der Waals surface area (Å²) in [6.07, 6.45) is 1.90. The lowest BCUT2D eigenvalue weighted by atomic mass is 10.1. The Morgan fingerprint density at radius 1 is 1.53 bits per heavy atom. The third-order valence-electron chi connectivity index (χ3n) is 2.66. The van der Waals surface area contributed by atoms with E-state index in [1.54, 1.807) is 0 Å². The molecule has 1 aliphatic heterocycles. The second-order valence-electron chi connectivity index (χ2n) is 3.94. The van der Waals surface area contributed by atoms with E-state index >= 15 is 0 Å². The van der Waals surface area contributed by atoms with Crippen LogP contribution in [0.1, 0.15) is 16.9 Å². The molecule has 2 atom stereocenters. The average Bonchev–Trinajstić information content (AvgIpc) is 2.86. The second kappa shape index (κ2) is 4.77. The minimum Gasteiger partial charge on any atom is -0.480 e. The van der Waals surface area contributed by atoms with Crippen molar-refractivity contribution in [2.45, 2.75) is 18.5 Å². The number of carbonyl (C=O) groups excluding carboxylic acids is 1. The van der Waals surface area contributed by atoms with Crippen molar-refractivity contribution in [3.8, 4) is 0 Å². The Hall–Kier alpha value is -1.53. The van der Waals surface area contributed by atoms with Crippen LogP contribution >= 0.6 is 11.6 Å². The van der Waals surface area contributed by atoms with Crippen molar-refractivity contribution in [3.05, 3.63) is 23.0 Å². The summed E-state index contributed by atoms with van der Waals surface area (Å²) in [6.45, 7) is 0.456. The topological polar surface area (TPSA) is 94.2 Å². The lowest BCUT2D eigenvalue weighted by Gasteiger charge is -2.10. The molecule has 0 aromatic carbocycles. The Labute approximate surface area is 102 Å². The van der Waals surface area contributed by atoms with Gasteiger partial charge in [0, 0.05) is 18.8 Å². The molecule has 0 aliphatic carbocycles. The molecule has 1 aromatic heterocycles. The number of hydrogen-bond donors (Lipinski definition) is 4. The largest absolute Gasteiger partial charge is 0.480 e. The maximum Gasteiger partial charge on any atom is 0.320 e. The number of carbonyl (C=O) groups is 2. The molecule has 0 radical (unpaired) electrons. The Morgan fingerprint density at radius 3 is 2.82 bits per heavy atom. The summed E-state index contributed by atoms with van der Waals surface area (Å²) in [5.41, 5.74) is 0.369. The predicted octanol–water partition coefficient (Wildman–Crippen LogP) is 0.213. The van der Waals surface area contributed by atoms with Gasteiger partial charge in [0.05, 0.1) is 5.02 Å². The van der Waals surface area contributed by atoms with Crippen molar-refractivity contribution in [2.24, 2.45) is 0 Å². The fraction of sp³-hybridized carbons (Fsp3) is 0.400. The lowest BCUT2D eigenvalue weighted by molar-refractivity contribution is -0.139. The minimum atomic E-state index is -0.898. The number of amides is 1. The fourth-order valence-electron chi connectivity index (χ4n) is 1.80. The van der Waals surface area contributed by atoms with Crippen molar-refractivity contribution < 1.29 is 14.7 Å². The molecule has 92 valence electrons. The predicted molar refractivity (Wildman–Crippen MR) is 61.1 cm³/mol. The fourth-order valence-corrected chi connectivity index (χ4v) is 1.96. The van der Waals surface area contributed by atoms with E-state index in [1.165, 1.54) is 12.3 Å². The number of aromatic nitrogens is 1. The summed E-state index contributed by atoms with van der Waals surface area (Å²) in [5.74, 6) is -1.18. The highest BCUT2D eigenvalue weighted by Gasteiger charge is 2.30. The monoisotopic (exact) mass is 257 g/mol. The Kier molecular flexibility index (Phi) is 3.35. The van der Waals surface area contributed by atoms with Gasteiger partial charge in [0.15, 0.2) is 0 Å². The van der Waals surface area contributed by atoms with Gasteiger partial charge >= 0.3 is 5.97 Å². The van der Waals surface area contributed by atoms with Gasteiger partial charge in [-0.05, 0) is 12.5 Å². The zero-order valence-electron chi connectivity index (χ0n) is 8.87. The van der Waals surface area contributed by atoms with E-state index in [4.69, 9.17) is 16.7 Å². The van der Waals surface area contributed by atoms with Gasteiger partial charge < -0.3 is 20.7 Å². The maximum atomic E-state index is 11.7. The molecule has 7 heteroatoms. The Morgan fingerprint density at radius 2 is 2.29 bits per heavy atom. The quantitative estimate of drug-likeness (QED) is 0.623. The molecule has 0 saturated carbocycles. The van der Waals surface area contributed by atoms with Gasteiger partial charge in [-0.1, -0.05) is 11.6 Å². The van der Waals surface area contributed by atoms with Crippen LogP contribution in [-0.2, 0) is 4.79 Å². The number of rotatable bonds is 3. The van der Waals surface area contributed by atoms with Gasteiger partial charge in [-0.15, -0.1) is 0 Å². The molecule has 1 aromatic rings. The van der Waals surface area contributed by atoms with Gasteiger partial charge in [0.25, 0.3) is 5.91 Å². The van der Waals surface area contributed by atoms with E-state index in [1.807, 2.05) is 0 Å². The first-order valence-corrected chi connectivity index (χ1v) is 5.55. The van der Waals surface area contributed by atoms with Crippen molar-refractivity contribution in [1.82, 2.24) is 15.6 Å². The SMILES string of the molecule is O=C(N[C@@H]1CN[C@H](C(=O)O)C1)c1cc(Cl)c[nH]1. The number of H-pyrrole nitrogens is 1. The highest BCUT2D eigenvalue weighted by Crippen LogP contribution is 2.11. The third-order valence-corrected chi connectivity index (χ3v) is 2.87. The van der Waals surface area contributed by atoms with Crippen LogP contribution in [0.25, 0.3) is 0 Å². The van der Waals surface area contributed by atoms with Crippen molar-refractivity contribution >= 4 is 23.5 Å². The zero-order chi connectivity index (χ0) is 12.4. The van der Waals surface area contributed by atoms with Crippen LogP contribution in [0.15, 0.2) is 12.3 Å². The van der Waals surface area contributed by atoms with Gasteiger partial charge in [0.1, 0.15) is 11.7 Å². The molecule has 1 saturated heterocycles. The first-order valence-electron chi connectivity index (χ1n) is 5.17. The van der Waals surface area contributed by atoms with Crippen molar-refractivity contribution in [2.75, 3.05) is 6.54 Å². The molecule has 4 N–H and O–H groups in total. The molecular weight excluding hydrogens is 246 g/mol. The summed E-state index contributed by atoms with van der Waals surface area (Å²) >= 11 is 5.68. The van der Waals surface area contributed by atoms with Crippen molar-refractivity contribution in [3.63, 3.8) is 0 Å². The number of nitrogens with one attached hydrogen (secondary N) is 3. The summed E-state index contributed by atoms with van der Waals surface area (Å²) < 4.78 is 0. The van der Waals surface area contributed by atoms with Crippen LogP contribution < -0.4 is 10.6 Å². The molecule has 2 heterocycles.